The molecule has 0 unspecified atom stereocenters. The molecule has 1 spiro atoms. The molecular formula is C19H16ClN5O3S. The molecule has 3 amide bonds. The Balaban J connectivity index is 1.83. The molecule has 29 heavy (non-hydrogen) atoms. The van der Waals surface area contributed by atoms with E-state index in [-0.39, 0.29) is 23.5 Å². The van der Waals surface area contributed by atoms with Gasteiger partial charge in [0.25, 0.3) is 5.91 Å². The van der Waals surface area contributed by atoms with Gasteiger partial charge in [0.2, 0.25) is 16.7 Å². The van der Waals surface area contributed by atoms with Crippen LogP contribution < -0.4 is 10.2 Å². The molecule has 0 radical (unpaired) electrons. The zero-order valence-electron chi connectivity index (χ0n) is 15.5. The fourth-order valence-corrected chi connectivity index (χ4v) is 4.91. The van der Waals surface area contributed by atoms with E-state index in [2.05, 4.69) is 15.4 Å². The summed E-state index contributed by atoms with van der Waals surface area (Å²) < 4.78 is 0. The van der Waals surface area contributed by atoms with Gasteiger partial charge < -0.3 is 10.2 Å². The number of pyridine rings is 1. The minimum absolute atomic E-state index is 0.176. The van der Waals surface area contributed by atoms with Crippen LogP contribution in [0.3, 0.4) is 0 Å². The average Bonchev–Trinajstić information content (AvgIpc) is 3.15. The summed E-state index contributed by atoms with van der Waals surface area (Å²) in [4.78, 5) is 41.9. The van der Waals surface area contributed by atoms with Crippen LogP contribution in [0.25, 0.3) is 0 Å². The van der Waals surface area contributed by atoms with Crippen molar-refractivity contribution in [2.24, 2.45) is 5.10 Å². The number of carbonyl (C=O) groups excluding carboxylic acids is 3. The second-order valence-electron chi connectivity index (χ2n) is 6.58. The number of thioether (sulfide) groups is 1. The summed E-state index contributed by atoms with van der Waals surface area (Å²) in [7, 11) is 0. The first-order chi connectivity index (χ1) is 13.8. The molecule has 2 aliphatic heterocycles. The van der Waals surface area contributed by atoms with Crippen molar-refractivity contribution in [3.05, 3.63) is 58.9 Å². The predicted molar refractivity (Wildman–Crippen MR) is 110 cm³/mol. The van der Waals surface area contributed by atoms with Gasteiger partial charge in [-0.25, -0.2) is 0 Å². The molecule has 4 rings (SSSR count). The highest BCUT2D eigenvalue weighted by Crippen LogP contribution is 2.55. The van der Waals surface area contributed by atoms with Gasteiger partial charge in [0.05, 0.1) is 12.2 Å². The van der Waals surface area contributed by atoms with E-state index in [1.54, 1.807) is 41.6 Å². The zero-order valence-corrected chi connectivity index (χ0v) is 17.1. The molecule has 148 valence electrons. The van der Waals surface area contributed by atoms with Crippen molar-refractivity contribution in [3.63, 3.8) is 0 Å². The first-order valence-electron chi connectivity index (χ1n) is 8.70. The second kappa shape index (κ2) is 7.16. The summed E-state index contributed by atoms with van der Waals surface area (Å²) in [5.74, 6) is -1.12. The number of anilines is 1. The van der Waals surface area contributed by atoms with Gasteiger partial charge in [-0.3, -0.25) is 19.4 Å². The predicted octanol–water partition coefficient (Wildman–Crippen LogP) is 2.44. The molecule has 1 aromatic heterocycles. The van der Waals surface area contributed by atoms with Crippen LogP contribution >= 0.6 is 23.4 Å². The number of rotatable bonds is 2. The lowest BCUT2D eigenvalue weighted by Crippen LogP contribution is -2.48. The average molecular weight is 430 g/mol. The van der Waals surface area contributed by atoms with Gasteiger partial charge in [0.15, 0.2) is 5.17 Å². The molecule has 1 atom stereocenters. The number of amides is 3. The van der Waals surface area contributed by atoms with Gasteiger partial charge in [0, 0.05) is 36.8 Å². The summed E-state index contributed by atoms with van der Waals surface area (Å²) in [6, 6.07) is 8.75. The molecular weight excluding hydrogens is 414 g/mol. The Morgan fingerprint density at radius 1 is 1.28 bits per heavy atom. The highest BCUT2D eigenvalue weighted by molar-refractivity contribution is 8.15. The number of fused-ring (bicyclic) bond motifs is 2. The number of hydrazone groups is 1. The van der Waals surface area contributed by atoms with Crippen molar-refractivity contribution in [2.45, 2.75) is 25.3 Å². The summed E-state index contributed by atoms with van der Waals surface area (Å²) in [5, 5.41) is 8.50. The number of amidine groups is 1. The molecule has 0 aliphatic carbocycles. The summed E-state index contributed by atoms with van der Waals surface area (Å²) in [6.07, 6.45) is 3.33. The third-order valence-corrected chi connectivity index (χ3v) is 6.00. The van der Waals surface area contributed by atoms with E-state index in [0.717, 1.165) is 22.3 Å². The Hall–Kier alpha value is -2.91. The van der Waals surface area contributed by atoms with Crippen molar-refractivity contribution in [2.75, 3.05) is 4.90 Å². The van der Waals surface area contributed by atoms with Crippen LogP contribution in [0.2, 0.25) is 5.02 Å². The van der Waals surface area contributed by atoms with E-state index >= 15 is 0 Å². The van der Waals surface area contributed by atoms with Crippen LogP contribution in [-0.4, -0.2) is 32.9 Å². The normalized spacial score (nSPS) is 20.1. The van der Waals surface area contributed by atoms with Gasteiger partial charge in [-0.15, -0.1) is 5.10 Å². The quantitative estimate of drug-likeness (QED) is 0.791. The van der Waals surface area contributed by atoms with Crippen LogP contribution in [-0.2, 0) is 25.8 Å². The highest BCUT2D eigenvalue weighted by atomic mass is 35.5. The monoisotopic (exact) mass is 429 g/mol. The van der Waals surface area contributed by atoms with E-state index in [4.69, 9.17) is 11.6 Å². The fourth-order valence-electron chi connectivity index (χ4n) is 3.42. The van der Waals surface area contributed by atoms with Gasteiger partial charge in [-0.1, -0.05) is 17.7 Å². The van der Waals surface area contributed by atoms with Gasteiger partial charge in [-0.2, -0.15) is 5.01 Å². The molecule has 10 heteroatoms. The summed E-state index contributed by atoms with van der Waals surface area (Å²) in [6.45, 7) is 2.93. The second-order valence-corrected chi connectivity index (χ2v) is 8.20. The van der Waals surface area contributed by atoms with Crippen molar-refractivity contribution < 1.29 is 14.4 Å². The topological polar surface area (TPSA) is 95.0 Å². The number of benzene rings is 1. The molecule has 0 bridgehead atoms. The maximum absolute atomic E-state index is 13.7. The van der Waals surface area contributed by atoms with E-state index in [1.807, 2.05) is 6.07 Å². The van der Waals surface area contributed by atoms with Crippen molar-refractivity contribution in [1.29, 1.82) is 0 Å². The van der Waals surface area contributed by atoms with Crippen LogP contribution in [0.4, 0.5) is 5.69 Å². The van der Waals surface area contributed by atoms with Crippen molar-refractivity contribution >= 4 is 51.9 Å². The minimum atomic E-state index is -1.47. The Kier molecular flexibility index (Phi) is 4.79. The summed E-state index contributed by atoms with van der Waals surface area (Å²) in [5.41, 5.74) is 2.00. The SMILES string of the molecule is CC(=O)NC1=NN(C(C)=O)[C@]2(S1)C(=O)N(Cc1cccnc1)c1ccc(Cl)cc12. The molecule has 0 saturated carbocycles. The lowest BCUT2D eigenvalue weighted by molar-refractivity contribution is -0.139. The molecule has 2 aliphatic rings. The number of carbonyl (C=O) groups is 3. The first-order valence-corrected chi connectivity index (χ1v) is 9.89. The number of hydrogen-bond donors (Lipinski definition) is 1. The maximum Gasteiger partial charge on any atom is 0.271 e. The molecule has 0 fully saturated rings. The van der Waals surface area contributed by atoms with Crippen LogP contribution in [0.15, 0.2) is 47.8 Å². The van der Waals surface area contributed by atoms with E-state index in [0.29, 0.717) is 16.3 Å². The summed E-state index contributed by atoms with van der Waals surface area (Å²) >= 11 is 7.25. The Morgan fingerprint density at radius 2 is 2.07 bits per heavy atom. The zero-order chi connectivity index (χ0) is 20.8. The smallest absolute Gasteiger partial charge is 0.271 e. The van der Waals surface area contributed by atoms with Gasteiger partial charge in [0.1, 0.15) is 0 Å². The fraction of sp³-hybridized carbons (Fsp3) is 0.211. The molecule has 8 nitrogen and oxygen atoms in total. The van der Waals surface area contributed by atoms with E-state index < -0.39 is 10.8 Å². The Labute approximate surface area is 175 Å². The number of nitrogens with zero attached hydrogens (tertiary/aromatic N) is 4. The molecule has 0 saturated heterocycles. The van der Waals surface area contributed by atoms with Crippen LogP contribution in [0.1, 0.15) is 25.0 Å². The van der Waals surface area contributed by atoms with Gasteiger partial charge >= 0.3 is 0 Å². The van der Waals surface area contributed by atoms with Crippen molar-refractivity contribution in [1.82, 2.24) is 15.3 Å². The Bertz CT molecular complexity index is 1060. The molecule has 1 aromatic carbocycles. The standard InChI is InChI=1S/C19H16ClN5O3S/c1-11(26)22-18-23-25(12(2)27)19(29-18)15-8-14(20)5-6-16(15)24(17(19)28)10-13-4-3-7-21-9-13/h3-9H,10H2,1-2H3,(H,22,23,26)/t19-/m1/s1. The van der Waals surface area contributed by atoms with E-state index in [1.165, 1.54) is 13.8 Å². The Morgan fingerprint density at radius 3 is 2.72 bits per heavy atom. The van der Waals surface area contributed by atoms with Crippen LogP contribution in [0.5, 0.6) is 0 Å². The first kappa shape index (κ1) is 19.4. The number of halogens is 1. The largest absolute Gasteiger partial charge is 0.304 e. The highest BCUT2D eigenvalue weighted by Gasteiger charge is 2.61. The minimum Gasteiger partial charge on any atom is -0.304 e. The molecule has 3 heterocycles. The lowest BCUT2D eigenvalue weighted by atomic mass is 10.1. The third kappa shape index (κ3) is 3.16. The number of hydrogen-bond acceptors (Lipinski definition) is 6. The molecule has 1 N–H and O–H groups in total. The third-order valence-electron chi connectivity index (χ3n) is 4.53. The van der Waals surface area contributed by atoms with Crippen molar-refractivity contribution in [3.8, 4) is 0 Å². The lowest BCUT2D eigenvalue weighted by Gasteiger charge is -2.29. The number of nitrogens with one attached hydrogen (secondary N) is 1. The van der Waals surface area contributed by atoms with Gasteiger partial charge in [-0.05, 0) is 41.6 Å². The van der Waals surface area contributed by atoms with E-state index in [9.17, 15) is 14.4 Å². The van der Waals surface area contributed by atoms with Crippen LogP contribution in [0, 0.1) is 0 Å². The maximum atomic E-state index is 13.7. The molecule has 2 aromatic rings. The number of aromatic nitrogens is 1.